The minimum atomic E-state index is 0.301. The molecule has 1 aromatic rings. The van der Waals surface area contributed by atoms with Crippen LogP contribution in [0.3, 0.4) is 0 Å². The molecule has 2 aliphatic rings. The number of likely N-dealkylation sites (tertiary alicyclic amines) is 1. The van der Waals surface area contributed by atoms with E-state index in [-0.39, 0.29) is 0 Å². The van der Waals surface area contributed by atoms with E-state index in [2.05, 4.69) is 42.2 Å². The maximum absolute atomic E-state index is 6.25. The van der Waals surface area contributed by atoms with Gasteiger partial charge in [0.2, 0.25) is 0 Å². The maximum Gasteiger partial charge on any atom is 0.0332 e. The van der Waals surface area contributed by atoms with Crippen LogP contribution in [0.4, 0.5) is 0 Å². The SMILES string of the molecule is CCC1CCC(CN)(N2CCC(c3ccccc3)C2)CC1. The lowest BCUT2D eigenvalue weighted by atomic mass is 9.74. The normalized spacial score (nSPS) is 34.2. The van der Waals surface area contributed by atoms with Gasteiger partial charge in [0.15, 0.2) is 0 Å². The van der Waals surface area contributed by atoms with E-state index < -0.39 is 0 Å². The van der Waals surface area contributed by atoms with Crippen molar-refractivity contribution in [3.63, 3.8) is 0 Å². The summed E-state index contributed by atoms with van der Waals surface area (Å²) >= 11 is 0. The Kier molecular flexibility index (Phi) is 4.66. The van der Waals surface area contributed by atoms with E-state index >= 15 is 0 Å². The molecule has 1 saturated heterocycles. The van der Waals surface area contributed by atoms with E-state index in [1.165, 1.54) is 57.2 Å². The van der Waals surface area contributed by atoms with Crippen LogP contribution in [0.5, 0.6) is 0 Å². The van der Waals surface area contributed by atoms with Crippen molar-refractivity contribution in [1.29, 1.82) is 0 Å². The average Bonchev–Trinajstić information content (AvgIpc) is 3.06. The zero-order valence-electron chi connectivity index (χ0n) is 13.4. The molecule has 2 fully saturated rings. The molecule has 1 heterocycles. The third-order valence-electron chi connectivity index (χ3n) is 6.12. The predicted octanol–water partition coefficient (Wildman–Crippen LogP) is 3.77. The first-order valence-corrected chi connectivity index (χ1v) is 8.77. The smallest absolute Gasteiger partial charge is 0.0332 e. The van der Waals surface area contributed by atoms with E-state index in [9.17, 15) is 0 Å². The molecule has 1 aliphatic carbocycles. The van der Waals surface area contributed by atoms with Crippen LogP contribution in [-0.2, 0) is 0 Å². The minimum Gasteiger partial charge on any atom is -0.329 e. The Bertz CT molecular complexity index is 434. The summed E-state index contributed by atoms with van der Waals surface area (Å²) < 4.78 is 0. The summed E-state index contributed by atoms with van der Waals surface area (Å²) in [6.07, 6.45) is 8.00. The van der Waals surface area contributed by atoms with Crippen LogP contribution in [0.15, 0.2) is 30.3 Å². The van der Waals surface area contributed by atoms with Crippen LogP contribution in [0.2, 0.25) is 0 Å². The summed E-state index contributed by atoms with van der Waals surface area (Å²) in [5, 5.41) is 0. The molecule has 2 N–H and O–H groups in total. The van der Waals surface area contributed by atoms with Gasteiger partial charge in [0.25, 0.3) is 0 Å². The third kappa shape index (κ3) is 3.02. The van der Waals surface area contributed by atoms with Gasteiger partial charge in [-0.1, -0.05) is 43.7 Å². The lowest BCUT2D eigenvalue weighted by Gasteiger charge is -2.46. The van der Waals surface area contributed by atoms with E-state index in [4.69, 9.17) is 5.73 Å². The second-order valence-electron chi connectivity index (χ2n) is 7.12. The van der Waals surface area contributed by atoms with Gasteiger partial charge >= 0.3 is 0 Å². The van der Waals surface area contributed by atoms with Crippen molar-refractivity contribution in [1.82, 2.24) is 4.90 Å². The maximum atomic E-state index is 6.25. The highest BCUT2D eigenvalue weighted by atomic mass is 15.2. The average molecular weight is 286 g/mol. The molecule has 1 unspecified atom stereocenters. The Hall–Kier alpha value is -0.860. The molecule has 21 heavy (non-hydrogen) atoms. The number of hydrogen-bond acceptors (Lipinski definition) is 2. The molecule has 0 spiro atoms. The predicted molar refractivity (Wildman–Crippen MR) is 89.4 cm³/mol. The van der Waals surface area contributed by atoms with Crippen molar-refractivity contribution in [3.8, 4) is 0 Å². The summed E-state index contributed by atoms with van der Waals surface area (Å²) in [5.41, 5.74) is 8.06. The standard InChI is InChI=1S/C19H30N2/c1-2-16-8-11-19(15-20,12-9-16)21-13-10-18(14-21)17-6-4-3-5-7-17/h3-7,16,18H,2,8-15,20H2,1H3. The van der Waals surface area contributed by atoms with E-state index in [0.29, 0.717) is 11.5 Å². The first-order chi connectivity index (χ1) is 10.3. The summed E-state index contributed by atoms with van der Waals surface area (Å²) in [6, 6.07) is 11.0. The molecule has 1 atom stereocenters. The molecule has 1 saturated carbocycles. The number of nitrogens with zero attached hydrogens (tertiary/aromatic N) is 1. The zero-order valence-corrected chi connectivity index (χ0v) is 13.4. The lowest BCUT2D eigenvalue weighted by molar-refractivity contribution is 0.0611. The summed E-state index contributed by atoms with van der Waals surface area (Å²) in [4.78, 5) is 2.73. The summed E-state index contributed by atoms with van der Waals surface area (Å²) in [7, 11) is 0. The van der Waals surface area contributed by atoms with Gasteiger partial charge in [-0.25, -0.2) is 0 Å². The van der Waals surface area contributed by atoms with Crippen molar-refractivity contribution >= 4 is 0 Å². The van der Waals surface area contributed by atoms with Gasteiger partial charge in [-0.05, 0) is 56.0 Å². The highest BCUT2D eigenvalue weighted by Crippen LogP contribution is 2.41. The van der Waals surface area contributed by atoms with Gasteiger partial charge in [-0.3, -0.25) is 4.90 Å². The quantitative estimate of drug-likeness (QED) is 0.913. The van der Waals surface area contributed by atoms with Crippen LogP contribution >= 0.6 is 0 Å². The Balaban J connectivity index is 1.67. The highest BCUT2D eigenvalue weighted by molar-refractivity contribution is 5.21. The molecule has 2 nitrogen and oxygen atoms in total. The molecule has 2 heteroatoms. The van der Waals surface area contributed by atoms with Crippen molar-refractivity contribution < 1.29 is 0 Å². The first kappa shape index (κ1) is 15.1. The molecule has 3 rings (SSSR count). The molecule has 1 aromatic carbocycles. The van der Waals surface area contributed by atoms with E-state index in [1.54, 1.807) is 0 Å². The van der Waals surface area contributed by atoms with Crippen LogP contribution in [-0.4, -0.2) is 30.1 Å². The van der Waals surface area contributed by atoms with E-state index in [1.807, 2.05) is 0 Å². The fourth-order valence-electron chi connectivity index (χ4n) is 4.46. The van der Waals surface area contributed by atoms with Crippen molar-refractivity contribution in [2.24, 2.45) is 11.7 Å². The number of nitrogens with two attached hydrogens (primary N) is 1. The minimum absolute atomic E-state index is 0.301. The van der Waals surface area contributed by atoms with Crippen LogP contribution in [0.25, 0.3) is 0 Å². The molecule has 0 bridgehead atoms. The van der Waals surface area contributed by atoms with Crippen molar-refractivity contribution in [2.45, 2.75) is 56.9 Å². The summed E-state index contributed by atoms with van der Waals surface area (Å²) in [6.45, 7) is 5.61. The van der Waals surface area contributed by atoms with Crippen LogP contribution in [0, 0.1) is 5.92 Å². The topological polar surface area (TPSA) is 29.3 Å². The van der Waals surface area contributed by atoms with E-state index in [0.717, 1.165) is 12.5 Å². The van der Waals surface area contributed by atoms with Crippen LogP contribution in [0.1, 0.15) is 56.9 Å². The van der Waals surface area contributed by atoms with Gasteiger partial charge in [-0.2, -0.15) is 0 Å². The first-order valence-electron chi connectivity index (χ1n) is 8.77. The highest BCUT2D eigenvalue weighted by Gasteiger charge is 2.42. The third-order valence-corrected chi connectivity index (χ3v) is 6.12. The van der Waals surface area contributed by atoms with Gasteiger partial charge in [0, 0.05) is 18.6 Å². The monoisotopic (exact) mass is 286 g/mol. The van der Waals surface area contributed by atoms with Gasteiger partial charge in [0.1, 0.15) is 0 Å². The van der Waals surface area contributed by atoms with Crippen molar-refractivity contribution in [2.75, 3.05) is 19.6 Å². The number of benzene rings is 1. The number of rotatable bonds is 4. The Morgan fingerprint density at radius 3 is 2.48 bits per heavy atom. The van der Waals surface area contributed by atoms with Crippen molar-refractivity contribution in [3.05, 3.63) is 35.9 Å². The Morgan fingerprint density at radius 2 is 1.86 bits per heavy atom. The van der Waals surface area contributed by atoms with Gasteiger partial charge < -0.3 is 5.73 Å². The largest absolute Gasteiger partial charge is 0.329 e. The molecule has 0 amide bonds. The second-order valence-corrected chi connectivity index (χ2v) is 7.12. The number of hydrogen-bond donors (Lipinski definition) is 1. The second kappa shape index (κ2) is 6.50. The van der Waals surface area contributed by atoms with Crippen LogP contribution < -0.4 is 5.73 Å². The summed E-state index contributed by atoms with van der Waals surface area (Å²) in [5.74, 6) is 1.65. The Labute approximate surface area is 129 Å². The van der Waals surface area contributed by atoms with Gasteiger partial charge in [0.05, 0.1) is 0 Å². The zero-order chi connectivity index (χ0) is 14.7. The molecular formula is C19H30N2. The molecule has 0 radical (unpaired) electrons. The lowest BCUT2D eigenvalue weighted by Crippen LogP contribution is -2.54. The molecule has 116 valence electrons. The Morgan fingerprint density at radius 1 is 1.14 bits per heavy atom. The molecular weight excluding hydrogens is 256 g/mol. The fourth-order valence-corrected chi connectivity index (χ4v) is 4.46. The fraction of sp³-hybridized carbons (Fsp3) is 0.684. The molecule has 1 aliphatic heterocycles. The van der Waals surface area contributed by atoms with Gasteiger partial charge in [-0.15, -0.1) is 0 Å². The molecule has 0 aromatic heterocycles.